The predicted molar refractivity (Wildman–Crippen MR) is 103 cm³/mol. The molecule has 2 aromatic carbocycles. The van der Waals surface area contributed by atoms with Crippen LogP contribution in [0.25, 0.3) is 0 Å². The fraction of sp³-hybridized carbons (Fsp3) is 0.316. The Labute approximate surface area is 163 Å². The van der Waals surface area contributed by atoms with E-state index in [-0.39, 0.29) is 17.3 Å². The lowest BCUT2D eigenvalue weighted by Gasteiger charge is -2.31. The molecule has 1 atom stereocenters. The highest BCUT2D eigenvalue weighted by molar-refractivity contribution is 7.89. The van der Waals surface area contributed by atoms with Gasteiger partial charge in [-0.2, -0.15) is 4.31 Å². The number of carbonyl (C=O) groups excluding carboxylic acids is 1. The van der Waals surface area contributed by atoms with E-state index in [4.69, 9.17) is 11.6 Å². The van der Waals surface area contributed by atoms with Crippen LogP contribution in [0.4, 0.5) is 10.1 Å². The van der Waals surface area contributed by atoms with Gasteiger partial charge >= 0.3 is 0 Å². The maximum Gasteiger partial charge on any atom is 0.243 e. The monoisotopic (exact) mass is 410 g/mol. The van der Waals surface area contributed by atoms with Crippen LogP contribution in [0.1, 0.15) is 18.4 Å². The molecule has 0 spiro atoms. The zero-order chi connectivity index (χ0) is 19.6. The van der Waals surface area contributed by atoms with Gasteiger partial charge in [0.1, 0.15) is 5.82 Å². The maximum atomic E-state index is 13.1. The fourth-order valence-electron chi connectivity index (χ4n) is 3.09. The van der Waals surface area contributed by atoms with Crippen LogP contribution >= 0.6 is 11.6 Å². The Kier molecular flexibility index (Phi) is 5.83. The minimum atomic E-state index is -3.77. The van der Waals surface area contributed by atoms with Crippen LogP contribution in [0, 0.1) is 18.7 Å². The van der Waals surface area contributed by atoms with E-state index in [9.17, 15) is 17.6 Å². The Morgan fingerprint density at radius 3 is 2.59 bits per heavy atom. The molecule has 0 radical (unpaired) electrons. The molecule has 144 valence electrons. The van der Waals surface area contributed by atoms with Crippen molar-refractivity contribution in [1.82, 2.24) is 4.31 Å². The molecule has 1 heterocycles. The summed E-state index contributed by atoms with van der Waals surface area (Å²) in [5, 5.41) is 3.22. The molecule has 2 aromatic rings. The Morgan fingerprint density at radius 2 is 1.93 bits per heavy atom. The van der Waals surface area contributed by atoms with E-state index < -0.39 is 21.8 Å². The molecule has 27 heavy (non-hydrogen) atoms. The predicted octanol–water partition coefficient (Wildman–Crippen LogP) is 3.83. The molecule has 5 nitrogen and oxygen atoms in total. The summed E-state index contributed by atoms with van der Waals surface area (Å²) in [5.41, 5.74) is 1.48. The van der Waals surface area contributed by atoms with Crippen molar-refractivity contribution in [2.45, 2.75) is 24.7 Å². The van der Waals surface area contributed by atoms with Gasteiger partial charge in [-0.3, -0.25) is 4.79 Å². The summed E-state index contributed by atoms with van der Waals surface area (Å²) in [6.45, 7) is 2.31. The van der Waals surface area contributed by atoms with Crippen LogP contribution in [0.3, 0.4) is 0 Å². The first kappa shape index (κ1) is 19.8. The summed E-state index contributed by atoms with van der Waals surface area (Å²) in [6.07, 6.45) is 1.16. The molecule has 1 unspecified atom stereocenters. The number of benzene rings is 2. The van der Waals surface area contributed by atoms with Crippen LogP contribution in [0.5, 0.6) is 0 Å². The Hall–Kier alpha value is -1.96. The number of halogens is 2. The van der Waals surface area contributed by atoms with Gasteiger partial charge in [-0.05, 0) is 61.7 Å². The van der Waals surface area contributed by atoms with Gasteiger partial charge in [0.05, 0.1) is 21.5 Å². The molecule has 0 aliphatic carbocycles. The number of sulfonamides is 1. The second-order valence-electron chi connectivity index (χ2n) is 6.63. The number of hydrogen-bond donors (Lipinski definition) is 1. The number of carbonyl (C=O) groups is 1. The molecule has 1 aliphatic heterocycles. The zero-order valence-electron chi connectivity index (χ0n) is 14.8. The summed E-state index contributed by atoms with van der Waals surface area (Å²) >= 11 is 6.15. The van der Waals surface area contributed by atoms with Gasteiger partial charge in [0, 0.05) is 13.1 Å². The topological polar surface area (TPSA) is 66.5 Å². The zero-order valence-corrected chi connectivity index (χ0v) is 16.4. The first-order valence-electron chi connectivity index (χ1n) is 8.60. The number of hydrogen-bond acceptors (Lipinski definition) is 3. The first-order chi connectivity index (χ1) is 12.8. The van der Waals surface area contributed by atoms with Gasteiger partial charge in [0.15, 0.2) is 0 Å². The largest absolute Gasteiger partial charge is 0.324 e. The molecule has 1 N–H and O–H groups in total. The van der Waals surface area contributed by atoms with Crippen LogP contribution < -0.4 is 5.32 Å². The quantitative estimate of drug-likeness (QED) is 0.833. The van der Waals surface area contributed by atoms with Crippen molar-refractivity contribution in [2.24, 2.45) is 5.92 Å². The summed E-state index contributed by atoms with van der Waals surface area (Å²) < 4.78 is 39.9. The highest BCUT2D eigenvalue weighted by atomic mass is 35.5. The van der Waals surface area contributed by atoms with Crippen molar-refractivity contribution >= 4 is 33.2 Å². The number of rotatable bonds is 4. The van der Waals surface area contributed by atoms with Gasteiger partial charge in [-0.15, -0.1) is 0 Å². The van der Waals surface area contributed by atoms with E-state index in [1.165, 1.54) is 16.4 Å². The lowest BCUT2D eigenvalue weighted by atomic mass is 9.98. The standard InChI is InChI=1S/C19H20ClFN2O3S/c1-13-4-9-18(17(20)11-13)22-19(24)14-3-2-10-23(12-14)27(25,26)16-7-5-15(21)6-8-16/h4-9,11,14H,2-3,10,12H2,1H3,(H,22,24). The molecular weight excluding hydrogens is 391 g/mol. The van der Waals surface area contributed by atoms with Crippen molar-refractivity contribution in [2.75, 3.05) is 18.4 Å². The van der Waals surface area contributed by atoms with E-state index in [1.54, 1.807) is 12.1 Å². The normalized spacial score (nSPS) is 18.3. The maximum absolute atomic E-state index is 13.1. The van der Waals surface area contributed by atoms with Crippen molar-refractivity contribution in [1.29, 1.82) is 0 Å². The Bertz CT molecular complexity index is 948. The fourth-order valence-corrected chi connectivity index (χ4v) is 4.89. The van der Waals surface area contributed by atoms with Crippen LogP contribution in [0.2, 0.25) is 5.02 Å². The molecule has 8 heteroatoms. The molecule has 0 bridgehead atoms. The van der Waals surface area contributed by atoms with Gasteiger partial charge in [-0.25, -0.2) is 12.8 Å². The molecule has 0 aromatic heterocycles. The average Bonchev–Trinajstić information content (AvgIpc) is 2.64. The molecule has 3 rings (SSSR count). The molecule has 1 amide bonds. The third-order valence-corrected chi connectivity index (χ3v) is 6.78. The van der Waals surface area contributed by atoms with Crippen LogP contribution in [0.15, 0.2) is 47.4 Å². The minimum Gasteiger partial charge on any atom is -0.324 e. The van der Waals surface area contributed by atoms with Crippen molar-refractivity contribution < 1.29 is 17.6 Å². The van der Waals surface area contributed by atoms with E-state index in [0.717, 1.165) is 17.7 Å². The number of piperidine rings is 1. The lowest BCUT2D eigenvalue weighted by molar-refractivity contribution is -0.120. The Morgan fingerprint density at radius 1 is 1.22 bits per heavy atom. The summed E-state index contributed by atoms with van der Waals surface area (Å²) in [5.74, 6) is -1.24. The second kappa shape index (κ2) is 7.96. The van der Waals surface area contributed by atoms with E-state index >= 15 is 0 Å². The van der Waals surface area contributed by atoms with E-state index in [1.807, 2.05) is 13.0 Å². The molecule has 1 aliphatic rings. The number of anilines is 1. The van der Waals surface area contributed by atoms with Crippen molar-refractivity contribution in [3.63, 3.8) is 0 Å². The number of aryl methyl sites for hydroxylation is 1. The third kappa shape index (κ3) is 4.48. The molecule has 1 fully saturated rings. The average molecular weight is 411 g/mol. The smallest absolute Gasteiger partial charge is 0.243 e. The number of amides is 1. The van der Waals surface area contributed by atoms with Crippen molar-refractivity contribution in [3.05, 3.63) is 58.9 Å². The SMILES string of the molecule is Cc1ccc(NC(=O)C2CCCN(S(=O)(=O)c3ccc(F)cc3)C2)c(Cl)c1. The molecule has 0 saturated carbocycles. The minimum absolute atomic E-state index is 0.0199. The number of nitrogens with zero attached hydrogens (tertiary/aromatic N) is 1. The highest BCUT2D eigenvalue weighted by Crippen LogP contribution is 2.27. The van der Waals surface area contributed by atoms with E-state index in [2.05, 4.69) is 5.32 Å². The van der Waals surface area contributed by atoms with Crippen LogP contribution in [-0.4, -0.2) is 31.7 Å². The second-order valence-corrected chi connectivity index (χ2v) is 8.97. The van der Waals surface area contributed by atoms with Crippen molar-refractivity contribution in [3.8, 4) is 0 Å². The third-order valence-electron chi connectivity index (χ3n) is 4.59. The first-order valence-corrected chi connectivity index (χ1v) is 10.4. The highest BCUT2D eigenvalue weighted by Gasteiger charge is 2.33. The summed E-state index contributed by atoms with van der Waals surface area (Å²) in [4.78, 5) is 12.6. The van der Waals surface area contributed by atoms with Gasteiger partial charge < -0.3 is 5.32 Å². The molecule has 1 saturated heterocycles. The summed E-state index contributed by atoms with van der Waals surface area (Å²) in [7, 11) is -3.77. The van der Waals surface area contributed by atoms with E-state index in [0.29, 0.717) is 30.1 Å². The molecular formula is C19H20ClFN2O3S. The summed E-state index contributed by atoms with van der Waals surface area (Å²) in [6, 6.07) is 10.0. The lowest BCUT2D eigenvalue weighted by Crippen LogP contribution is -2.43. The van der Waals surface area contributed by atoms with Gasteiger partial charge in [0.2, 0.25) is 15.9 Å². The van der Waals surface area contributed by atoms with Gasteiger partial charge in [-0.1, -0.05) is 17.7 Å². The van der Waals surface area contributed by atoms with Crippen LogP contribution in [-0.2, 0) is 14.8 Å². The Balaban J connectivity index is 1.73. The number of nitrogens with one attached hydrogen (secondary N) is 1. The van der Waals surface area contributed by atoms with Gasteiger partial charge in [0.25, 0.3) is 0 Å².